The maximum absolute atomic E-state index is 6.17. The van der Waals surface area contributed by atoms with Crippen molar-refractivity contribution in [2.75, 3.05) is 25.4 Å². The van der Waals surface area contributed by atoms with Gasteiger partial charge in [-0.1, -0.05) is 42.5 Å². The first-order valence-corrected chi connectivity index (χ1v) is 8.65. The summed E-state index contributed by atoms with van der Waals surface area (Å²) in [6, 6.07) is 15.5. The average Bonchev–Trinajstić information content (AvgIpc) is 2.47. The zero-order valence-electron chi connectivity index (χ0n) is 12.9. The number of rotatable bonds is 3. The second-order valence-electron chi connectivity index (χ2n) is 6.40. The van der Waals surface area contributed by atoms with Gasteiger partial charge in [0.2, 0.25) is 0 Å². The first-order chi connectivity index (χ1) is 10.1. The Balaban J connectivity index is 1.98. The fraction of sp³-hybridized carbons (Fsp3) is 0.444. The molecule has 2 aromatic rings. The summed E-state index contributed by atoms with van der Waals surface area (Å²) in [4.78, 5) is 2.57. The molecule has 1 aliphatic rings. The van der Waals surface area contributed by atoms with E-state index in [0.717, 1.165) is 13.1 Å². The summed E-state index contributed by atoms with van der Waals surface area (Å²) >= 11 is 2.07. The van der Waals surface area contributed by atoms with Crippen LogP contribution >= 0.6 is 11.8 Å². The molecule has 0 radical (unpaired) electrons. The molecule has 0 aromatic heterocycles. The number of nitrogens with two attached hydrogens (primary N) is 1. The van der Waals surface area contributed by atoms with Gasteiger partial charge >= 0.3 is 0 Å². The zero-order valence-corrected chi connectivity index (χ0v) is 13.7. The van der Waals surface area contributed by atoms with Crippen LogP contribution in [0.4, 0.5) is 0 Å². The third kappa shape index (κ3) is 3.10. The maximum Gasteiger partial charge on any atom is 0.0477 e. The van der Waals surface area contributed by atoms with E-state index in [1.54, 1.807) is 0 Å². The predicted octanol–water partition coefficient (Wildman–Crippen LogP) is 3.67. The normalized spacial score (nSPS) is 20.5. The average molecular weight is 300 g/mol. The molecule has 0 saturated carbocycles. The molecule has 1 saturated heterocycles. The van der Waals surface area contributed by atoms with Crippen LogP contribution in [0.25, 0.3) is 10.8 Å². The Morgan fingerprint density at radius 2 is 1.95 bits per heavy atom. The van der Waals surface area contributed by atoms with E-state index >= 15 is 0 Å². The van der Waals surface area contributed by atoms with Crippen LogP contribution in [0.2, 0.25) is 0 Å². The van der Waals surface area contributed by atoms with E-state index in [1.807, 2.05) is 0 Å². The van der Waals surface area contributed by atoms with Crippen molar-refractivity contribution in [1.82, 2.24) is 4.90 Å². The molecule has 3 heteroatoms. The van der Waals surface area contributed by atoms with Gasteiger partial charge in [0, 0.05) is 36.2 Å². The summed E-state index contributed by atoms with van der Waals surface area (Å²) in [5.74, 6) is 1.19. The molecule has 2 aromatic carbocycles. The van der Waals surface area contributed by atoms with E-state index in [2.05, 4.69) is 73.0 Å². The molecule has 2 nitrogen and oxygen atoms in total. The van der Waals surface area contributed by atoms with Gasteiger partial charge in [-0.25, -0.2) is 0 Å². The summed E-state index contributed by atoms with van der Waals surface area (Å²) in [6.07, 6.45) is 0. The van der Waals surface area contributed by atoms with Crippen molar-refractivity contribution in [2.45, 2.75) is 24.6 Å². The number of benzene rings is 2. The van der Waals surface area contributed by atoms with Crippen molar-refractivity contribution in [2.24, 2.45) is 5.73 Å². The van der Waals surface area contributed by atoms with Gasteiger partial charge in [0.1, 0.15) is 0 Å². The van der Waals surface area contributed by atoms with Crippen LogP contribution < -0.4 is 5.73 Å². The predicted molar refractivity (Wildman–Crippen MR) is 93.9 cm³/mol. The van der Waals surface area contributed by atoms with Gasteiger partial charge in [-0.05, 0) is 30.2 Å². The van der Waals surface area contributed by atoms with E-state index < -0.39 is 0 Å². The Kier molecular flexibility index (Phi) is 4.25. The molecular weight excluding hydrogens is 276 g/mol. The Morgan fingerprint density at radius 3 is 2.71 bits per heavy atom. The Morgan fingerprint density at radius 1 is 1.19 bits per heavy atom. The molecule has 2 N–H and O–H groups in total. The Labute approximate surface area is 131 Å². The van der Waals surface area contributed by atoms with Crippen molar-refractivity contribution in [1.29, 1.82) is 0 Å². The lowest BCUT2D eigenvalue weighted by Gasteiger charge is -2.42. The standard InChI is InChI=1S/C18H24N2S/c1-18(2)13-20(10-11-21-18)17(12-19)16-9-5-7-14-6-3-4-8-15(14)16/h3-9,17H,10-13,19H2,1-2H3. The van der Waals surface area contributed by atoms with Gasteiger partial charge in [0.15, 0.2) is 0 Å². The Hall–Kier alpha value is -1.03. The molecule has 112 valence electrons. The lowest BCUT2D eigenvalue weighted by atomic mass is 9.97. The number of nitrogens with zero attached hydrogens (tertiary/aromatic N) is 1. The lowest BCUT2D eigenvalue weighted by Crippen LogP contribution is -2.46. The van der Waals surface area contributed by atoms with Gasteiger partial charge < -0.3 is 5.73 Å². The third-order valence-electron chi connectivity index (χ3n) is 4.30. The van der Waals surface area contributed by atoms with Crippen LogP contribution in [0.15, 0.2) is 42.5 Å². The van der Waals surface area contributed by atoms with E-state index in [9.17, 15) is 0 Å². The van der Waals surface area contributed by atoms with Gasteiger partial charge in [0.25, 0.3) is 0 Å². The molecule has 1 aliphatic heterocycles. The molecular formula is C18H24N2S. The molecule has 3 rings (SSSR count). The minimum atomic E-state index is 0.316. The summed E-state index contributed by atoms with van der Waals surface area (Å²) in [5, 5.41) is 2.64. The lowest BCUT2D eigenvalue weighted by molar-refractivity contribution is 0.193. The van der Waals surface area contributed by atoms with Crippen LogP contribution in [0.5, 0.6) is 0 Å². The maximum atomic E-state index is 6.17. The summed E-state index contributed by atoms with van der Waals surface area (Å²) in [7, 11) is 0. The van der Waals surface area contributed by atoms with Crippen LogP contribution in [-0.4, -0.2) is 35.0 Å². The molecule has 1 unspecified atom stereocenters. The van der Waals surface area contributed by atoms with Crippen LogP contribution in [0, 0.1) is 0 Å². The van der Waals surface area contributed by atoms with Crippen LogP contribution in [0.1, 0.15) is 25.5 Å². The highest BCUT2D eigenvalue weighted by atomic mass is 32.2. The zero-order chi connectivity index (χ0) is 14.9. The van der Waals surface area contributed by atoms with Gasteiger partial charge in [0.05, 0.1) is 0 Å². The summed E-state index contributed by atoms with van der Waals surface area (Å²) in [5.41, 5.74) is 7.54. The summed E-state index contributed by atoms with van der Waals surface area (Å²) < 4.78 is 0.316. The quantitative estimate of drug-likeness (QED) is 0.938. The number of thioether (sulfide) groups is 1. The van der Waals surface area contributed by atoms with Gasteiger partial charge in [-0.2, -0.15) is 11.8 Å². The molecule has 0 spiro atoms. The van der Waals surface area contributed by atoms with Crippen LogP contribution in [0.3, 0.4) is 0 Å². The van der Waals surface area contributed by atoms with Gasteiger partial charge in [-0.15, -0.1) is 0 Å². The largest absolute Gasteiger partial charge is 0.329 e. The highest BCUT2D eigenvalue weighted by Gasteiger charge is 2.31. The molecule has 21 heavy (non-hydrogen) atoms. The summed E-state index contributed by atoms with van der Waals surface area (Å²) in [6.45, 7) is 7.57. The highest BCUT2D eigenvalue weighted by molar-refractivity contribution is 8.00. The topological polar surface area (TPSA) is 29.3 Å². The number of fused-ring (bicyclic) bond motifs is 1. The Bertz CT molecular complexity index is 618. The molecule has 0 amide bonds. The SMILES string of the molecule is CC1(C)CN(C(CN)c2cccc3ccccc23)CCS1. The highest BCUT2D eigenvalue weighted by Crippen LogP contribution is 2.35. The second-order valence-corrected chi connectivity index (χ2v) is 8.20. The van der Waals surface area contributed by atoms with Crippen LogP contribution in [-0.2, 0) is 0 Å². The molecule has 1 atom stereocenters. The molecule has 0 aliphatic carbocycles. The van der Waals surface area contributed by atoms with Crippen molar-refractivity contribution in [3.63, 3.8) is 0 Å². The minimum absolute atomic E-state index is 0.316. The first-order valence-electron chi connectivity index (χ1n) is 7.66. The van der Waals surface area contributed by atoms with Crippen molar-refractivity contribution in [3.05, 3.63) is 48.0 Å². The molecule has 1 heterocycles. The van der Waals surface area contributed by atoms with E-state index in [-0.39, 0.29) is 0 Å². The van der Waals surface area contributed by atoms with Crippen molar-refractivity contribution in [3.8, 4) is 0 Å². The minimum Gasteiger partial charge on any atom is -0.329 e. The first kappa shape index (κ1) is 14.9. The second kappa shape index (κ2) is 5.99. The van der Waals surface area contributed by atoms with E-state index in [4.69, 9.17) is 5.73 Å². The molecule has 0 bridgehead atoms. The number of hydrogen-bond acceptors (Lipinski definition) is 3. The fourth-order valence-corrected chi connectivity index (χ4v) is 4.47. The molecule has 1 fully saturated rings. The van der Waals surface area contributed by atoms with Crippen molar-refractivity contribution < 1.29 is 0 Å². The fourth-order valence-electron chi connectivity index (χ4n) is 3.33. The van der Waals surface area contributed by atoms with E-state index in [1.165, 1.54) is 22.1 Å². The smallest absolute Gasteiger partial charge is 0.0477 e. The third-order valence-corrected chi connectivity index (χ3v) is 5.60. The van der Waals surface area contributed by atoms with Crippen molar-refractivity contribution >= 4 is 22.5 Å². The van der Waals surface area contributed by atoms with Gasteiger partial charge in [-0.3, -0.25) is 4.90 Å². The monoisotopic (exact) mass is 300 g/mol. The van der Waals surface area contributed by atoms with E-state index in [0.29, 0.717) is 17.3 Å². The number of hydrogen-bond donors (Lipinski definition) is 1.